The number of hydrogen-bond acceptors (Lipinski definition) is 2. The molecule has 2 heterocycles. The summed E-state index contributed by atoms with van der Waals surface area (Å²) in [6, 6.07) is 0.801. The number of piperidine rings is 1. The summed E-state index contributed by atoms with van der Waals surface area (Å²) in [5.41, 5.74) is 0.437. The molecule has 0 amide bonds. The molecule has 0 aromatic rings. The summed E-state index contributed by atoms with van der Waals surface area (Å²) in [6.07, 6.45) is 1.38. The number of hydrogen-bond donors (Lipinski definition) is 1. The monoisotopic (exact) mass is 210 g/mol. The second kappa shape index (κ2) is 4.06. The van der Waals surface area contributed by atoms with Gasteiger partial charge in [-0.3, -0.25) is 4.90 Å². The van der Waals surface area contributed by atoms with Crippen LogP contribution in [0.3, 0.4) is 0 Å². The Balaban J connectivity index is 2.17. The van der Waals surface area contributed by atoms with Crippen LogP contribution in [0.4, 0.5) is 0 Å². The van der Waals surface area contributed by atoms with Crippen molar-refractivity contribution in [1.29, 1.82) is 0 Å². The van der Waals surface area contributed by atoms with E-state index in [9.17, 15) is 0 Å². The first-order valence-corrected chi connectivity index (χ1v) is 6.48. The Hall–Kier alpha value is -0.0800. The molecule has 0 spiro atoms. The molecule has 0 radical (unpaired) electrons. The Labute approximate surface area is 94.4 Å². The molecule has 2 fully saturated rings. The Kier molecular flexibility index (Phi) is 3.09. The van der Waals surface area contributed by atoms with E-state index in [1.165, 1.54) is 32.6 Å². The van der Waals surface area contributed by atoms with Crippen LogP contribution in [0, 0.1) is 17.3 Å². The van der Waals surface area contributed by atoms with Gasteiger partial charge in [0.25, 0.3) is 0 Å². The average molecular weight is 210 g/mol. The van der Waals surface area contributed by atoms with Crippen LogP contribution in [0.2, 0.25) is 0 Å². The molecule has 2 aliphatic rings. The van der Waals surface area contributed by atoms with Gasteiger partial charge in [-0.2, -0.15) is 0 Å². The van der Waals surface area contributed by atoms with E-state index >= 15 is 0 Å². The third-order valence-electron chi connectivity index (χ3n) is 4.23. The van der Waals surface area contributed by atoms with Gasteiger partial charge in [0.05, 0.1) is 0 Å². The molecule has 0 saturated carbocycles. The van der Waals surface area contributed by atoms with Crippen LogP contribution in [0.1, 0.15) is 34.1 Å². The largest absolute Gasteiger partial charge is 0.316 e. The van der Waals surface area contributed by atoms with Crippen molar-refractivity contribution < 1.29 is 0 Å². The lowest BCUT2D eigenvalue weighted by Gasteiger charge is -2.39. The number of rotatable bonds is 1. The van der Waals surface area contributed by atoms with E-state index in [0.29, 0.717) is 5.41 Å². The normalized spacial score (nSPS) is 38.0. The summed E-state index contributed by atoms with van der Waals surface area (Å²) in [5, 5.41) is 3.55. The van der Waals surface area contributed by atoms with Crippen molar-refractivity contribution in [2.45, 2.75) is 40.2 Å². The van der Waals surface area contributed by atoms with Crippen LogP contribution in [-0.4, -0.2) is 37.1 Å². The van der Waals surface area contributed by atoms with E-state index in [-0.39, 0.29) is 0 Å². The first-order chi connectivity index (χ1) is 7.04. The van der Waals surface area contributed by atoms with E-state index < -0.39 is 0 Å². The van der Waals surface area contributed by atoms with Crippen molar-refractivity contribution in [3.63, 3.8) is 0 Å². The molecule has 0 aliphatic carbocycles. The number of fused-ring (bicyclic) bond motifs is 1. The second-order valence-electron chi connectivity index (χ2n) is 6.32. The maximum absolute atomic E-state index is 3.55. The van der Waals surface area contributed by atoms with Gasteiger partial charge in [-0.1, -0.05) is 27.7 Å². The molecule has 2 nitrogen and oxygen atoms in total. The third kappa shape index (κ3) is 2.07. The molecule has 2 heteroatoms. The lowest BCUT2D eigenvalue weighted by molar-refractivity contribution is 0.106. The lowest BCUT2D eigenvalue weighted by Crippen LogP contribution is -2.45. The molecular weight excluding hydrogens is 184 g/mol. The number of nitrogens with one attached hydrogen (secondary N) is 1. The molecular formula is C13H26N2. The van der Waals surface area contributed by atoms with Gasteiger partial charge in [-0.25, -0.2) is 0 Å². The Bertz CT molecular complexity index is 219. The minimum absolute atomic E-state index is 0.437. The van der Waals surface area contributed by atoms with Crippen molar-refractivity contribution in [2.75, 3.05) is 26.2 Å². The number of nitrogens with zero attached hydrogens (tertiary/aromatic N) is 1. The Morgan fingerprint density at radius 1 is 1.33 bits per heavy atom. The highest BCUT2D eigenvalue weighted by Crippen LogP contribution is 2.42. The van der Waals surface area contributed by atoms with Crippen LogP contribution >= 0.6 is 0 Å². The minimum Gasteiger partial charge on any atom is -0.316 e. The fraction of sp³-hybridized carbons (Fsp3) is 1.00. The molecule has 3 unspecified atom stereocenters. The first kappa shape index (κ1) is 11.4. The minimum atomic E-state index is 0.437. The smallest absolute Gasteiger partial charge is 0.0176 e. The maximum atomic E-state index is 3.55. The van der Waals surface area contributed by atoms with E-state index in [1.807, 2.05) is 0 Å². The molecule has 3 atom stereocenters. The van der Waals surface area contributed by atoms with Gasteiger partial charge in [0.1, 0.15) is 0 Å². The summed E-state index contributed by atoms with van der Waals surface area (Å²) in [5.74, 6) is 1.84. The van der Waals surface area contributed by atoms with Crippen molar-refractivity contribution in [2.24, 2.45) is 17.3 Å². The third-order valence-corrected chi connectivity index (χ3v) is 4.23. The van der Waals surface area contributed by atoms with Crippen LogP contribution < -0.4 is 5.32 Å². The highest BCUT2D eigenvalue weighted by atomic mass is 15.2. The molecule has 15 heavy (non-hydrogen) atoms. The van der Waals surface area contributed by atoms with Crippen LogP contribution in [0.5, 0.6) is 0 Å². The summed E-state index contributed by atoms with van der Waals surface area (Å²) in [6.45, 7) is 14.5. The van der Waals surface area contributed by atoms with Crippen molar-refractivity contribution in [3.05, 3.63) is 0 Å². The SMILES string of the molecule is CCN1CC2CNCCC2C1C(C)(C)C. The highest BCUT2D eigenvalue weighted by molar-refractivity contribution is 5.00. The molecule has 2 rings (SSSR count). The van der Waals surface area contributed by atoms with E-state index in [2.05, 4.69) is 37.9 Å². The molecule has 0 aromatic carbocycles. The molecule has 1 N–H and O–H groups in total. The van der Waals surface area contributed by atoms with Crippen LogP contribution in [0.15, 0.2) is 0 Å². The first-order valence-electron chi connectivity index (χ1n) is 6.48. The molecule has 2 aliphatic heterocycles. The fourth-order valence-electron chi connectivity index (χ4n) is 3.76. The zero-order valence-corrected chi connectivity index (χ0v) is 10.7. The van der Waals surface area contributed by atoms with E-state index in [0.717, 1.165) is 17.9 Å². The van der Waals surface area contributed by atoms with Crippen molar-refractivity contribution in [3.8, 4) is 0 Å². The molecule has 0 bridgehead atoms. The van der Waals surface area contributed by atoms with Gasteiger partial charge in [-0.05, 0) is 43.3 Å². The molecule has 88 valence electrons. The summed E-state index contributed by atoms with van der Waals surface area (Å²) < 4.78 is 0. The standard InChI is InChI=1S/C13H26N2/c1-5-15-9-10-8-14-7-6-11(10)12(15)13(2,3)4/h10-12,14H,5-9H2,1-4H3. The quantitative estimate of drug-likeness (QED) is 0.712. The number of likely N-dealkylation sites (tertiary alicyclic amines) is 1. The Morgan fingerprint density at radius 3 is 2.67 bits per heavy atom. The van der Waals surface area contributed by atoms with Gasteiger partial charge >= 0.3 is 0 Å². The van der Waals surface area contributed by atoms with Crippen molar-refractivity contribution in [1.82, 2.24) is 10.2 Å². The maximum Gasteiger partial charge on any atom is 0.0176 e. The van der Waals surface area contributed by atoms with Gasteiger partial charge in [-0.15, -0.1) is 0 Å². The molecule has 0 aromatic heterocycles. The van der Waals surface area contributed by atoms with Crippen LogP contribution in [0.25, 0.3) is 0 Å². The van der Waals surface area contributed by atoms with Crippen LogP contribution in [-0.2, 0) is 0 Å². The molecule has 2 saturated heterocycles. The summed E-state index contributed by atoms with van der Waals surface area (Å²) >= 11 is 0. The summed E-state index contributed by atoms with van der Waals surface area (Å²) in [7, 11) is 0. The zero-order chi connectivity index (χ0) is 11.1. The lowest BCUT2D eigenvalue weighted by atomic mass is 9.74. The Morgan fingerprint density at radius 2 is 2.07 bits per heavy atom. The van der Waals surface area contributed by atoms with Gasteiger partial charge in [0.2, 0.25) is 0 Å². The predicted molar refractivity (Wildman–Crippen MR) is 65.0 cm³/mol. The zero-order valence-electron chi connectivity index (χ0n) is 10.7. The van der Waals surface area contributed by atoms with Crippen molar-refractivity contribution >= 4 is 0 Å². The van der Waals surface area contributed by atoms with E-state index in [1.54, 1.807) is 0 Å². The van der Waals surface area contributed by atoms with E-state index in [4.69, 9.17) is 0 Å². The van der Waals surface area contributed by atoms with Gasteiger partial charge in [0.15, 0.2) is 0 Å². The predicted octanol–water partition coefficient (Wildman–Crippen LogP) is 1.96. The second-order valence-corrected chi connectivity index (χ2v) is 6.32. The van der Waals surface area contributed by atoms with Gasteiger partial charge in [0, 0.05) is 12.6 Å². The average Bonchev–Trinajstić information content (AvgIpc) is 2.54. The fourth-order valence-corrected chi connectivity index (χ4v) is 3.76. The topological polar surface area (TPSA) is 15.3 Å². The highest BCUT2D eigenvalue weighted by Gasteiger charge is 2.46. The summed E-state index contributed by atoms with van der Waals surface area (Å²) in [4.78, 5) is 2.71. The van der Waals surface area contributed by atoms with Gasteiger partial charge < -0.3 is 5.32 Å².